The summed E-state index contributed by atoms with van der Waals surface area (Å²) in [6.07, 6.45) is 3.43. The molecule has 0 radical (unpaired) electrons. The van der Waals surface area contributed by atoms with Crippen LogP contribution in [0.1, 0.15) is 33.1 Å². The lowest BCUT2D eigenvalue weighted by Crippen LogP contribution is -2.62. The zero-order valence-electron chi connectivity index (χ0n) is 14.2. The third-order valence-corrected chi connectivity index (χ3v) is 4.82. The number of ether oxygens (including phenoxy) is 1. The minimum atomic E-state index is -0.524. The standard InChI is InChI=1S/C16H31N3O2/c1-12(2)17-16(13-6-7-13,15(20)21-5)11-19-9-8-14(10-19)18(3)4/h12-14,17H,6-11H2,1-5H3. The van der Waals surface area contributed by atoms with Crippen LogP contribution in [-0.2, 0) is 9.53 Å². The van der Waals surface area contributed by atoms with E-state index in [1.165, 1.54) is 13.5 Å². The zero-order valence-corrected chi connectivity index (χ0v) is 14.2. The number of methoxy groups -OCH3 is 1. The van der Waals surface area contributed by atoms with Gasteiger partial charge in [0.15, 0.2) is 0 Å². The molecular weight excluding hydrogens is 266 g/mol. The van der Waals surface area contributed by atoms with Crippen molar-refractivity contribution in [2.45, 2.75) is 50.7 Å². The van der Waals surface area contributed by atoms with Crippen LogP contribution in [0.25, 0.3) is 0 Å². The molecular formula is C16H31N3O2. The second-order valence-electron chi connectivity index (χ2n) is 7.18. The number of esters is 1. The molecule has 1 saturated carbocycles. The molecule has 0 bridgehead atoms. The van der Waals surface area contributed by atoms with Crippen molar-refractivity contribution >= 4 is 5.97 Å². The highest BCUT2D eigenvalue weighted by Crippen LogP contribution is 2.41. The molecule has 0 amide bonds. The van der Waals surface area contributed by atoms with E-state index in [9.17, 15) is 4.79 Å². The number of likely N-dealkylation sites (tertiary alicyclic amines) is 1. The first-order valence-electron chi connectivity index (χ1n) is 8.14. The predicted octanol–water partition coefficient (Wildman–Crippen LogP) is 0.942. The van der Waals surface area contributed by atoms with E-state index < -0.39 is 5.54 Å². The number of rotatable bonds is 7. The molecule has 1 aliphatic carbocycles. The second-order valence-corrected chi connectivity index (χ2v) is 7.18. The first-order valence-corrected chi connectivity index (χ1v) is 8.14. The lowest BCUT2D eigenvalue weighted by Gasteiger charge is -2.37. The van der Waals surface area contributed by atoms with Crippen molar-refractivity contribution < 1.29 is 9.53 Å². The number of hydrogen-bond donors (Lipinski definition) is 1. The van der Waals surface area contributed by atoms with Crippen LogP contribution in [0.2, 0.25) is 0 Å². The van der Waals surface area contributed by atoms with Crippen LogP contribution >= 0.6 is 0 Å². The Bertz CT molecular complexity index is 369. The van der Waals surface area contributed by atoms with E-state index >= 15 is 0 Å². The van der Waals surface area contributed by atoms with Crippen molar-refractivity contribution in [3.05, 3.63) is 0 Å². The number of nitrogens with zero attached hydrogens (tertiary/aromatic N) is 2. The molecule has 0 aromatic heterocycles. The van der Waals surface area contributed by atoms with Gasteiger partial charge in [0.1, 0.15) is 5.54 Å². The predicted molar refractivity (Wildman–Crippen MR) is 84.3 cm³/mol. The lowest BCUT2D eigenvalue weighted by molar-refractivity contribution is -0.151. The highest BCUT2D eigenvalue weighted by atomic mass is 16.5. The zero-order chi connectivity index (χ0) is 15.6. The molecule has 122 valence electrons. The van der Waals surface area contributed by atoms with Crippen molar-refractivity contribution in [3.8, 4) is 0 Å². The molecule has 5 nitrogen and oxygen atoms in total. The lowest BCUT2D eigenvalue weighted by atomic mass is 9.91. The van der Waals surface area contributed by atoms with Crippen molar-refractivity contribution in [2.24, 2.45) is 5.92 Å². The van der Waals surface area contributed by atoms with Gasteiger partial charge in [0, 0.05) is 25.2 Å². The average molecular weight is 297 g/mol. The Morgan fingerprint density at radius 1 is 1.38 bits per heavy atom. The van der Waals surface area contributed by atoms with Gasteiger partial charge >= 0.3 is 5.97 Å². The van der Waals surface area contributed by atoms with Gasteiger partial charge in [0.25, 0.3) is 0 Å². The van der Waals surface area contributed by atoms with Crippen LogP contribution in [0.15, 0.2) is 0 Å². The van der Waals surface area contributed by atoms with Crippen molar-refractivity contribution in [3.63, 3.8) is 0 Å². The summed E-state index contributed by atoms with van der Waals surface area (Å²) in [4.78, 5) is 17.2. The number of carbonyl (C=O) groups excluding carboxylic acids is 1. The molecule has 1 aliphatic heterocycles. The van der Waals surface area contributed by atoms with Crippen molar-refractivity contribution in [1.82, 2.24) is 15.1 Å². The Balaban J connectivity index is 2.10. The maximum Gasteiger partial charge on any atom is 0.327 e. The minimum absolute atomic E-state index is 0.0907. The summed E-state index contributed by atoms with van der Waals surface area (Å²) in [5.74, 6) is 0.331. The normalized spacial score (nSPS) is 26.3. The van der Waals surface area contributed by atoms with E-state index in [4.69, 9.17) is 4.74 Å². The number of nitrogens with one attached hydrogen (secondary N) is 1. The maximum absolute atomic E-state index is 12.5. The maximum atomic E-state index is 12.5. The van der Waals surface area contributed by atoms with Crippen molar-refractivity contribution in [2.75, 3.05) is 40.8 Å². The average Bonchev–Trinajstić information content (AvgIpc) is 3.17. The summed E-state index contributed by atoms with van der Waals surface area (Å²) in [6.45, 7) is 7.08. The topological polar surface area (TPSA) is 44.8 Å². The highest BCUT2D eigenvalue weighted by molar-refractivity contribution is 5.82. The van der Waals surface area contributed by atoms with E-state index in [-0.39, 0.29) is 12.0 Å². The van der Waals surface area contributed by atoms with Crippen molar-refractivity contribution in [1.29, 1.82) is 0 Å². The molecule has 0 aromatic rings. The third-order valence-electron chi connectivity index (χ3n) is 4.82. The quantitative estimate of drug-likeness (QED) is 0.709. The van der Waals surface area contributed by atoms with Crippen LogP contribution in [0.3, 0.4) is 0 Å². The van der Waals surface area contributed by atoms with Crippen LogP contribution in [-0.4, -0.2) is 74.2 Å². The smallest absolute Gasteiger partial charge is 0.327 e. The van der Waals surface area contributed by atoms with Gasteiger partial charge in [-0.1, -0.05) is 0 Å². The van der Waals surface area contributed by atoms with Gasteiger partial charge in [0.2, 0.25) is 0 Å². The van der Waals surface area contributed by atoms with Crippen LogP contribution in [0, 0.1) is 5.92 Å². The third kappa shape index (κ3) is 3.76. The van der Waals surface area contributed by atoms with E-state index in [0.29, 0.717) is 12.0 Å². The molecule has 1 saturated heterocycles. The summed E-state index contributed by atoms with van der Waals surface area (Å²) < 4.78 is 5.16. The Hall–Kier alpha value is -0.650. The van der Waals surface area contributed by atoms with E-state index in [2.05, 4.69) is 43.1 Å². The molecule has 0 spiro atoms. The summed E-state index contributed by atoms with van der Waals surface area (Å²) in [5, 5.41) is 3.55. The Labute approximate surface area is 129 Å². The first-order chi connectivity index (χ1) is 9.89. The number of likely N-dealkylation sites (N-methyl/N-ethyl adjacent to an activating group) is 1. The monoisotopic (exact) mass is 297 g/mol. The molecule has 2 atom stereocenters. The molecule has 1 N–H and O–H groups in total. The van der Waals surface area contributed by atoms with Crippen LogP contribution in [0.5, 0.6) is 0 Å². The van der Waals surface area contributed by atoms with Gasteiger partial charge in [-0.2, -0.15) is 0 Å². The fraction of sp³-hybridized carbons (Fsp3) is 0.938. The van der Waals surface area contributed by atoms with Crippen LogP contribution < -0.4 is 5.32 Å². The fourth-order valence-corrected chi connectivity index (χ4v) is 3.59. The van der Waals surface area contributed by atoms with Crippen LogP contribution in [0.4, 0.5) is 0 Å². The summed E-state index contributed by atoms with van der Waals surface area (Å²) >= 11 is 0. The van der Waals surface area contributed by atoms with E-state index in [0.717, 1.165) is 32.5 Å². The largest absolute Gasteiger partial charge is 0.468 e. The van der Waals surface area contributed by atoms with Gasteiger partial charge in [-0.25, -0.2) is 4.79 Å². The summed E-state index contributed by atoms with van der Waals surface area (Å²) in [5.41, 5.74) is -0.524. The van der Waals surface area contributed by atoms with E-state index in [1.54, 1.807) is 0 Å². The summed E-state index contributed by atoms with van der Waals surface area (Å²) in [6, 6.07) is 0.871. The van der Waals surface area contributed by atoms with Gasteiger partial charge in [-0.15, -0.1) is 0 Å². The molecule has 21 heavy (non-hydrogen) atoms. The van der Waals surface area contributed by atoms with E-state index in [1.807, 2.05) is 0 Å². The van der Waals surface area contributed by atoms with Gasteiger partial charge in [0.05, 0.1) is 7.11 Å². The fourth-order valence-electron chi connectivity index (χ4n) is 3.59. The molecule has 2 unspecified atom stereocenters. The highest BCUT2D eigenvalue weighted by Gasteiger charge is 2.53. The Morgan fingerprint density at radius 2 is 2.05 bits per heavy atom. The first kappa shape index (κ1) is 16.7. The molecule has 5 heteroatoms. The minimum Gasteiger partial charge on any atom is -0.468 e. The molecule has 1 heterocycles. The summed E-state index contributed by atoms with van der Waals surface area (Å²) in [7, 11) is 5.78. The molecule has 2 rings (SSSR count). The SMILES string of the molecule is COC(=O)C(CN1CCC(N(C)C)C1)(NC(C)C)C1CC1. The second kappa shape index (κ2) is 6.63. The Kier molecular flexibility index (Phi) is 5.28. The number of carbonyl (C=O) groups is 1. The Morgan fingerprint density at radius 3 is 2.48 bits per heavy atom. The van der Waals surface area contributed by atoms with Gasteiger partial charge in [-0.05, 0) is 59.7 Å². The van der Waals surface area contributed by atoms with Gasteiger partial charge in [-0.3, -0.25) is 10.2 Å². The molecule has 0 aromatic carbocycles. The van der Waals surface area contributed by atoms with Gasteiger partial charge < -0.3 is 9.64 Å². The molecule has 2 aliphatic rings. The molecule has 2 fully saturated rings. The number of hydrogen-bond acceptors (Lipinski definition) is 5.